The summed E-state index contributed by atoms with van der Waals surface area (Å²) in [6.45, 7) is 8.34. The van der Waals surface area contributed by atoms with Crippen LogP contribution in [0.25, 0.3) is 0 Å². The van der Waals surface area contributed by atoms with Crippen LogP contribution in [0.1, 0.15) is 34.1 Å². The lowest BCUT2D eigenvalue weighted by molar-refractivity contribution is -0.193. The van der Waals surface area contributed by atoms with Gasteiger partial charge in [0.05, 0.1) is 11.3 Å². The van der Waals surface area contributed by atoms with Gasteiger partial charge in [-0.3, -0.25) is 9.59 Å². The van der Waals surface area contributed by atoms with Gasteiger partial charge >= 0.3 is 11.9 Å². The van der Waals surface area contributed by atoms with Crippen molar-refractivity contribution in [3.63, 3.8) is 0 Å². The molecule has 1 saturated heterocycles. The summed E-state index contributed by atoms with van der Waals surface area (Å²) >= 11 is 0. The number of esters is 2. The fraction of sp³-hybridized carbons (Fsp3) is 0.857. The molecule has 1 aliphatic heterocycles. The average Bonchev–Trinajstić information content (AvgIpc) is 2.76. The van der Waals surface area contributed by atoms with E-state index in [2.05, 4.69) is 10.6 Å². The Kier molecular flexibility index (Phi) is 5.95. The number of hydrogen-bond donors (Lipinski definition) is 2. The van der Waals surface area contributed by atoms with E-state index in [4.69, 9.17) is 9.47 Å². The molecule has 6 nitrogen and oxygen atoms in total. The summed E-state index contributed by atoms with van der Waals surface area (Å²) in [6.07, 6.45) is -0.115. The molecule has 0 spiro atoms. The Morgan fingerprint density at radius 2 is 2.00 bits per heavy atom. The van der Waals surface area contributed by atoms with Crippen LogP contribution < -0.4 is 10.6 Å². The molecule has 116 valence electrons. The first kappa shape index (κ1) is 16.9. The van der Waals surface area contributed by atoms with Crippen LogP contribution in [-0.4, -0.2) is 44.4 Å². The maximum atomic E-state index is 12.1. The lowest BCUT2D eigenvalue weighted by Crippen LogP contribution is -2.41. The molecule has 0 bridgehead atoms. The highest BCUT2D eigenvalue weighted by atomic mass is 16.7. The topological polar surface area (TPSA) is 76.7 Å². The minimum Gasteiger partial charge on any atom is -0.425 e. The average molecular weight is 286 g/mol. The first-order valence-corrected chi connectivity index (χ1v) is 7.05. The molecule has 20 heavy (non-hydrogen) atoms. The number of likely N-dealkylation sites (N-methyl/N-ethyl adjacent to an activating group) is 1. The zero-order valence-corrected chi connectivity index (χ0v) is 13.0. The Bertz CT molecular complexity index is 352. The van der Waals surface area contributed by atoms with Crippen LogP contribution in [0.2, 0.25) is 0 Å². The zero-order valence-electron chi connectivity index (χ0n) is 13.0. The maximum Gasteiger partial charge on any atom is 0.314 e. The molecule has 0 radical (unpaired) electrons. The van der Waals surface area contributed by atoms with E-state index < -0.39 is 11.7 Å². The lowest BCUT2D eigenvalue weighted by Gasteiger charge is -2.23. The fourth-order valence-corrected chi connectivity index (χ4v) is 2.09. The Balaban J connectivity index is 2.47. The van der Waals surface area contributed by atoms with Gasteiger partial charge in [-0.1, -0.05) is 0 Å². The molecule has 1 fully saturated rings. The van der Waals surface area contributed by atoms with Crippen molar-refractivity contribution in [3.05, 3.63) is 0 Å². The molecule has 0 aliphatic carbocycles. The van der Waals surface area contributed by atoms with E-state index in [-0.39, 0.29) is 23.9 Å². The van der Waals surface area contributed by atoms with Crippen LogP contribution in [0.15, 0.2) is 0 Å². The standard InChI is InChI=1S/C14H26N2O4/c1-9(20-13(18)14(2,3)4)19-12(17)10-6-7-16-11(10)8-15-5/h9-11,15-16H,6-8H2,1-5H3/t9?,10-,11-/m0/s1. The van der Waals surface area contributed by atoms with Gasteiger partial charge in [0.15, 0.2) is 0 Å². The lowest BCUT2D eigenvalue weighted by atomic mass is 9.97. The normalized spacial score (nSPS) is 24.2. The second-order valence-electron chi connectivity index (χ2n) is 6.17. The molecule has 0 aromatic heterocycles. The molecule has 0 aromatic carbocycles. The number of rotatable bonds is 5. The van der Waals surface area contributed by atoms with Crippen LogP contribution in [0.3, 0.4) is 0 Å². The molecule has 1 heterocycles. The third-order valence-electron chi connectivity index (χ3n) is 3.24. The van der Waals surface area contributed by atoms with E-state index in [1.807, 2.05) is 7.05 Å². The first-order chi connectivity index (χ1) is 9.25. The van der Waals surface area contributed by atoms with Gasteiger partial charge in [0.2, 0.25) is 6.29 Å². The Morgan fingerprint density at radius 3 is 2.55 bits per heavy atom. The fourth-order valence-electron chi connectivity index (χ4n) is 2.09. The minimum atomic E-state index is -0.856. The van der Waals surface area contributed by atoms with Crippen molar-refractivity contribution in [2.45, 2.75) is 46.4 Å². The van der Waals surface area contributed by atoms with Crippen LogP contribution in [0.4, 0.5) is 0 Å². The van der Waals surface area contributed by atoms with Crippen LogP contribution in [0, 0.1) is 11.3 Å². The highest BCUT2D eigenvalue weighted by molar-refractivity contribution is 5.76. The summed E-state index contributed by atoms with van der Waals surface area (Å²) in [7, 11) is 1.84. The van der Waals surface area contributed by atoms with Crippen molar-refractivity contribution >= 4 is 11.9 Å². The van der Waals surface area contributed by atoms with Gasteiger partial charge in [0.25, 0.3) is 0 Å². The summed E-state index contributed by atoms with van der Waals surface area (Å²) in [5.74, 6) is -0.892. The van der Waals surface area contributed by atoms with Gasteiger partial charge in [-0.05, 0) is 40.8 Å². The molecule has 0 aromatic rings. The van der Waals surface area contributed by atoms with Crippen LogP contribution in [-0.2, 0) is 19.1 Å². The van der Waals surface area contributed by atoms with Gasteiger partial charge in [-0.15, -0.1) is 0 Å². The summed E-state index contributed by atoms with van der Waals surface area (Å²) < 4.78 is 10.3. The van der Waals surface area contributed by atoms with E-state index in [0.717, 1.165) is 13.0 Å². The zero-order chi connectivity index (χ0) is 15.3. The second kappa shape index (κ2) is 7.04. The van der Waals surface area contributed by atoms with E-state index in [1.54, 1.807) is 27.7 Å². The number of hydrogen-bond acceptors (Lipinski definition) is 6. The van der Waals surface area contributed by atoms with E-state index >= 15 is 0 Å². The molecule has 1 aliphatic rings. The van der Waals surface area contributed by atoms with E-state index in [0.29, 0.717) is 6.54 Å². The minimum absolute atomic E-state index is 0.0676. The monoisotopic (exact) mass is 286 g/mol. The highest BCUT2D eigenvalue weighted by Crippen LogP contribution is 2.20. The van der Waals surface area contributed by atoms with Crippen LogP contribution in [0.5, 0.6) is 0 Å². The van der Waals surface area contributed by atoms with E-state index in [9.17, 15) is 9.59 Å². The van der Waals surface area contributed by atoms with Gasteiger partial charge < -0.3 is 20.1 Å². The predicted octanol–water partition coefficient (Wildman–Crippen LogP) is 0.662. The molecule has 1 rings (SSSR count). The van der Waals surface area contributed by atoms with Crippen molar-refractivity contribution in [2.24, 2.45) is 11.3 Å². The molecule has 3 atom stereocenters. The van der Waals surface area contributed by atoms with Gasteiger partial charge in [0.1, 0.15) is 0 Å². The molecule has 0 amide bonds. The second-order valence-corrected chi connectivity index (χ2v) is 6.17. The summed E-state index contributed by atoms with van der Waals surface area (Å²) in [5, 5.41) is 6.30. The van der Waals surface area contributed by atoms with Crippen molar-refractivity contribution in [3.8, 4) is 0 Å². The van der Waals surface area contributed by atoms with Crippen molar-refractivity contribution in [2.75, 3.05) is 20.1 Å². The largest absolute Gasteiger partial charge is 0.425 e. The smallest absolute Gasteiger partial charge is 0.314 e. The summed E-state index contributed by atoms with van der Waals surface area (Å²) in [6, 6.07) is 0.0676. The van der Waals surface area contributed by atoms with Crippen LogP contribution >= 0.6 is 0 Å². The maximum absolute atomic E-state index is 12.1. The first-order valence-electron chi connectivity index (χ1n) is 7.05. The van der Waals surface area contributed by atoms with Crippen molar-refractivity contribution in [1.82, 2.24) is 10.6 Å². The van der Waals surface area contributed by atoms with Crippen molar-refractivity contribution in [1.29, 1.82) is 0 Å². The Labute approximate surface area is 120 Å². The molecule has 1 unspecified atom stereocenters. The van der Waals surface area contributed by atoms with E-state index in [1.165, 1.54) is 0 Å². The highest BCUT2D eigenvalue weighted by Gasteiger charge is 2.35. The third kappa shape index (κ3) is 4.76. The number of nitrogens with one attached hydrogen (secondary N) is 2. The molecule has 2 N–H and O–H groups in total. The predicted molar refractivity (Wildman–Crippen MR) is 74.9 cm³/mol. The quantitative estimate of drug-likeness (QED) is 0.571. The molecular formula is C14H26N2O4. The molecule has 6 heteroatoms. The van der Waals surface area contributed by atoms with Gasteiger partial charge in [-0.25, -0.2) is 0 Å². The SMILES string of the molecule is CNC[C@@H]1NCC[C@@H]1C(=O)OC(C)OC(=O)C(C)(C)C. The number of carbonyl (C=O) groups excluding carboxylic acids is 2. The molecular weight excluding hydrogens is 260 g/mol. The Morgan fingerprint density at radius 1 is 1.35 bits per heavy atom. The number of ether oxygens (including phenoxy) is 2. The van der Waals surface area contributed by atoms with Crippen molar-refractivity contribution < 1.29 is 19.1 Å². The molecule has 0 saturated carbocycles. The third-order valence-corrected chi connectivity index (χ3v) is 3.24. The summed E-state index contributed by atoms with van der Waals surface area (Å²) in [4.78, 5) is 23.8. The number of carbonyl (C=O) groups is 2. The van der Waals surface area contributed by atoms with Gasteiger partial charge in [-0.2, -0.15) is 0 Å². The van der Waals surface area contributed by atoms with Gasteiger partial charge in [0, 0.05) is 19.5 Å². The Hall–Kier alpha value is -1.14. The summed E-state index contributed by atoms with van der Waals surface area (Å²) in [5.41, 5.74) is -0.607.